The van der Waals surface area contributed by atoms with E-state index < -0.39 is 16.0 Å². The first-order valence-electron chi connectivity index (χ1n) is 7.34. The van der Waals surface area contributed by atoms with Gasteiger partial charge in [0.25, 0.3) is 0 Å². The molecule has 7 nitrogen and oxygen atoms in total. The van der Waals surface area contributed by atoms with Gasteiger partial charge in [-0.3, -0.25) is 0 Å². The van der Waals surface area contributed by atoms with Crippen LogP contribution in [0.4, 0.5) is 0 Å². The van der Waals surface area contributed by atoms with Crippen molar-refractivity contribution in [2.24, 2.45) is 0 Å². The molecule has 0 aromatic carbocycles. The lowest BCUT2D eigenvalue weighted by Gasteiger charge is -2.28. The Morgan fingerprint density at radius 3 is 2.86 bits per heavy atom. The highest BCUT2D eigenvalue weighted by molar-refractivity contribution is 7.89. The van der Waals surface area contributed by atoms with Crippen molar-refractivity contribution < 1.29 is 22.4 Å². The number of nitrogens with one attached hydrogen (secondary N) is 2. The summed E-state index contributed by atoms with van der Waals surface area (Å²) < 4.78 is 37.7. The summed E-state index contributed by atoms with van der Waals surface area (Å²) in [5, 5.41) is 3.27. The molecule has 0 spiro atoms. The van der Waals surface area contributed by atoms with E-state index in [4.69, 9.17) is 4.42 Å². The van der Waals surface area contributed by atoms with Gasteiger partial charge in [0.1, 0.15) is 10.7 Å². The minimum Gasteiger partial charge on any atom is -0.463 e. The van der Waals surface area contributed by atoms with Crippen molar-refractivity contribution in [1.29, 1.82) is 0 Å². The molecule has 2 heterocycles. The van der Waals surface area contributed by atoms with E-state index in [9.17, 15) is 13.2 Å². The molecular formula is C14H22N2O5S. The Bertz CT molecular complexity index is 638. The molecule has 2 N–H and O–H groups in total. The summed E-state index contributed by atoms with van der Waals surface area (Å²) in [6.07, 6.45) is 1.82. The molecule has 124 valence electrons. The first-order valence-corrected chi connectivity index (χ1v) is 8.82. The van der Waals surface area contributed by atoms with Gasteiger partial charge < -0.3 is 14.5 Å². The van der Waals surface area contributed by atoms with Gasteiger partial charge in [0, 0.05) is 24.6 Å². The van der Waals surface area contributed by atoms with Gasteiger partial charge in [-0.1, -0.05) is 6.92 Å². The number of methoxy groups -OCH3 is 1. The fourth-order valence-electron chi connectivity index (χ4n) is 2.61. The molecule has 0 amide bonds. The Hall–Kier alpha value is -1.38. The second kappa shape index (κ2) is 6.80. The van der Waals surface area contributed by atoms with Crippen LogP contribution in [0.3, 0.4) is 0 Å². The summed E-state index contributed by atoms with van der Waals surface area (Å²) in [6, 6.07) is 1.38. The van der Waals surface area contributed by atoms with E-state index in [0.29, 0.717) is 6.42 Å². The van der Waals surface area contributed by atoms with Crippen molar-refractivity contribution in [1.82, 2.24) is 10.0 Å². The third-order valence-electron chi connectivity index (χ3n) is 3.71. The van der Waals surface area contributed by atoms with Crippen molar-refractivity contribution in [2.75, 3.05) is 13.7 Å². The first kappa shape index (κ1) is 17.0. The number of sulfonamides is 1. The molecular weight excluding hydrogens is 308 g/mol. The molecule has 1 fully saturated rings. The van der Waals surface area contributed by atoms with Crippen molar-refractivity contribution in [3.05, 3.63) is 17.6 Å². The van der Waals surface area contributed by atoms with Gasteiger partial charge in [-0.25, -0.2) is 17.9 Å². The zero-order chi connectivity index (χ0) is 16.3. The Morgan fingerprint density at radius 2 is 2.27 bits per heavy atom. The van der Waals surface area contributed by atoms with Crippen molar-refractivity contribution in [3.8, 4) is 0 Å². The van der Waals surface area contributed by atoms with Gasteiger partial charge in [-0.2, -0.15) is 0 Å². The normalized spacial score (nSPS) is 22.5. The third-order valence-corrected chi connectivity index (χ3v) is 5.28. The standard InChI is InChI=1S/C14H22N2O5S/c1-4-11-13(8-12(21-11)14(17)20-3)22(18,19)16-10-5-6-15-9(2)7-10/h8-10,15-16H,4-7H2,1-3H3. The Labute approximate surface area is 130 Å². The molecule has 0 bridgehead atoms. The highest BCUT2D eigenvalue weighted by Gasteiger charge is 2.29. The van der Waals surface area contributed by atoms with Gasteiger partial charge in [0.2, 0.25) is 15.8 Å². The molecule has 0 radical (unpaired) electrons. The highest BCUT2D eigenvalue weighted by atomic mass is 32.2. The van der Waals surface area contributed by atoms with E-state index in [-0.39, 0.29) is 28.5 Å². The Balaban J connectivity index is 2.24. The van der Waals surface area contributed by atoms with Gasteiger partial charge in [-0.05, 0) is 26.3 Å². The molecule has 1 aliphatic heterocycles. The summed E-state index contributed by atoms with van der Waals surface area (Å²) >= 11 is 0. The lowest BCUT2D eigenvalue weighted by atomic mass is 10.0. The second-order valence-corrected chi connectivity index (χ2v) is 7.12. The summed E-state index contributed by atoms with van der Waals surface area (Å²) in [5.41, 5.74) is 0. The average Bonchev–Trinajstić information content (AvgIpc) is 2.91. The number of rotatable bonds is 5. The van der Waals surface area contributed by atoms with Crippen LogP contribution < -0.4 is 10.0 Å². The maximum absolute atomic E-state index is 12.6. The van der Waals surface area contributed by atoms with E-state index in [0.717, 1.165) is 19.4 Å². The number of carbonyl (C=O) groups is 1. The molecule has 0 saturated carbocycles. The topological polar surface area (TPSA) is 97.6 Å². The number of aryl methyl sites for hydroxylation is 1. The number of carbonyl (C=O) groups excluding carboxylic acids is 1. The largest absolute Gasteiger partial charge is 0.463 e. The summed E-state index contributed by atoms with van der Waals surface area (Å²) in [7, 11) is -2.50. The van der Waals surface area contributed by atoms with E-state index in [2.05, 4.69) is 14.8 Å². The van der Waals surface area contributed by atoms with Crippen LogP contribution in [0.2, 0.25) is 0 Å². The van der Waals surface area contributed by atoms with Gasteiger partial charge in [0.15, 0.2) is 0 Å². The van der Waals surface area contributed by atoms with Gasteiger partial charge in [0.05, 0.1) is 7.11 Å². The predicted octanol–water partition coefficient (Wildman–Crippen LogP) is 1.05. The van der Waals surface area contributed by atoms with Gasteiger partial charge >= 0.3 is 5.97 Å². The fourth-order valence-corrected chi connectivity index (χ4v) is 4.14. The average molecular weight is 330 g/mol. The molecule has 2 unspecified atom stereocenters. The van der Waals surface area contributed by atoms with Crippen LogP contribution in [0.25, 0.3) is 0 Å². The molecule has 1 aromatic rings. The van der Waals surface area contributed by atoms with Crippen LogP contribution in [-0.4, -0.2) is 40.1 Å². The maximum Gasteiger partial charge on any atom is 0.373 e. The zero-order valence-electron chi connectivity index (χ0n) is 13.0. The number of hydrogen-bond acceptors (Lipinski definition) is 6. The zero-order valence-corrected chi connectivity index (χ0v) is 13.8. The summed E-state index contributed by atoms with van der Waals surface area (Å²) in [6.45, 7) is 4.56. The smallest absolute Gasteiger partial charge is 0.373 e. The molecule has 1 aromatic heterocycles. The SMILES string of the molecule is CCc1oc(C(=O)OC)cc1S(=O)(=O)NC1CCNC(C)C1. The van der Waals surface area contributed by atoms with Crippen molar-refractivity contribution >= 4 is 16.0 Å². The maximum atomic E-state index is 12.6. The quantitative estimate of drug-likeness (QED) is 0.783. The van der Waals surface area contributed by atoms with Crippen molar-refractivity contribution in [2.45, 2.75) is 50.1 Å². The van der Waals surface area contributed by atoms with Crippen LogP contribution in [0.5, 0.6) is 0 Å². The highest BCUT2D eigenvalue weighted by Crippen LogP contribution is 2.23. The molecule has 1 saturated heterocycles. The number of esters is 1. The predicted molar refractivity (Wildman–Crippen MR) is 80.2 cm³/mol. The Kier molecular flexibility index (Phi) is 5.25. The van der Waals surface area contributed by atoms with E-state index in [1.54, 1.807) is 6.92 Å². The van der Waals surface area contributed by atoms with Crippen LogP contribution in [0.1, 0.15) is 43.0 Å². The molecule has 2 atom stereocenters. The Morgan fingerprint density at radius 1 is 1.55 bits per heavy atom. The molecule has 2 rings (SSSR count). The number of piperidine rings is 1. The number of hydrogen-bond donors (Lipinski definition) is 2. The van der Waals surface area contributed by atoms with Crippen LogP contribution in [0, 0.1) is 0 Å². The van der Waals surface area contributed by atoms with E-state index >= 15 is 0 Å². The summed E-state index contributed by atoms with van der Waals surface area (Å²) in [4.78, 5) is 11.5. The number of ether oxygens (including phenoxy) is 1. The van der Waals surface area contributed by atoms with Crippen LogP contribution in [0.15, 0.2) is 15.4 Å². The van der Waals surface area contributed by atoms with Gasteiger partial charge in [-0.15, -0.1) is 0 Å². The minimum absolute atomic E-state index is 0.0154. The van der Waals surface area contributed by atoms with Crippen molar-refractivity contribution in [3.63, 3.8) is 0 Å². The van der Waals surface area contributed by atoms with Crippen LogP contribution in [-0.2, 0) is 21.2 Å². The lowest BCUT2D eigenvalue weighted by Crippen LogP contribution is -2.46. The lowest BCUT2D eigenvalue weighted by molar-refractivity contribution is 0.0563. The molecule has 1 aliphatic rings. The second-order valence-electron chi connectivity index (χ2n) is 5.44. The fraction of sp³-hybridized carbons (Fsp3) is 0.643. The molecule has 0 aliphatic carbocycles. The van der Waals surface area contributed by atoms with E-state index in [1.165, 1.54) is 13.2 Å². The minimum atomic E-state index is -3.73. The first-order chi connectivity index (χ1) is 10.4. The summed E-state index contributed by atoms with van der Waals surface area (Å²) in [5.74, 6) is -0.528. The third kappa shape index (κ3) is 3.68. The monoisotopic (exact) mass is 330 g/mol. The van der Waals surface area contributed by atoms with E-state index in [1.807, 2.05) is 6.92 Å². The number of furan rings is 1. The molecule has 22 heavy (non-hydrogen) atoms. The molecule has 8 heteroatoms. The van der Waals surface area contributed by atoms with Crippen LogP contribution >= 0.6 is 0 Å².